The highest BCUT2D eigenvalue weighted by Gasteiger charge is 2.00. The Morgan fingerprint density at radius 1 is 1.75 bits per heavy atom. The van der Waals surface area contributed by atoms with E-state index in [0.717, 1.165) is 5.76 Å². The normalized spacial score (nSPS) is 13.8. The molecular weight excluding hydrogens is 124 g/mol. The van der Waals surface area contributed by atoms with Gasteiger partial charge in [-0.2, -0.15) is 0 Å². The molecule has 1 aromatic heterocycles. The summed E-state index contributed by atoms with van der Waals surface area (Å²) < 4.78 is 4.96. The van der Waals surface area contributed by atoms with E-state index in [1.165, 1.54) is 0 Å². The molecule has 2 heteroatoms. The van der Waals surface area contributed by atoms with Crippen molar-refractivity contribution in [1.29, 1.82) is 0 Å². The predicted octanol–water partition coefficient (Wildman–Crippen LogP) is 2.58. The Hall–Kier alpha value is -0.430. The molecule has 8 heavy (non-hydrogen) atoms. The van der Waals surface area contributed by atoms with Gasteiger partial charge in [0.2, 0.25) is 0 Å². The van der Waals surface area contributed by atoms with Crippen molar-refractivity contribution in [3.05, 3.63) is 24.2 Å². The van der Waals surface area contributed by atoms with Gasteiger partial charge in [0.15, 0.2) is 0 Å². The summed E-state index contributed by atoms with van der Waals surface area (Å²) in [6.07, 6.45) is 1.62. The highest BCUT2D eigenvalue weighted by atomic mass is 35.5. The fourth-order valence-electron chi connectivity index (χ4n) is 0.518. The van der Waals surface area contributed by atoms with Crippen molar-refractivity contribution in [2.75, 3.05) is 0 Å². The Bertz CT molecular complexity index is 144. The zero-order valence-electron chi connectivity index (χ0n) is 4.60. The third-order valence-electron chi connectivity index (χ3n) is 0.935. The Kier molecular flexibility index (Phi) is 1.59. The molecule has 1 nitrogen and oxygen atoms in total. The van der Waals surface area contributed by atoms with Crippen molar-refractivity contribution in [3.63, 3.8) is 0 Å². The molecule has 1 heterocycles. The summed E-state index contributed by atoms with van der Waals surface area (Å²) in [6, 6.07) is 3.69. The van der Waals surface area contributed by atoms with Crippen LogP contribution in [0.3, 0.4) is 0 Å². The van der Waals surface area contributed by atoms with Crippen LogP contribution in [0.15, 0.2) is 22.8 Å². The molecule has 0 saturated heterocycles. The molecule has 0 radical (unpaired) electrons. The fourth-order valence-corrected chi connectivity index (χ4v) is 0.642. The van der Waals surface area contributed by atoms with Crippen LogP contribution in [0.2, 0.25) is 0 Å². The van der Waals surface area contributed by atoms with E-state index in [1.807, 2.05) is 19.1 Å². The zero-order valence-corrected chi connectivity index (χ0v) is 5.35. The van der Waals surface area contributed by atoms with Crippen LogP contribution in [0, 0.1) is 0 Å². The molecule has 0 bridgehead atoms. The highest BCUT2D eigenvalue weighted by Crippen LogP contribution is 2.18. The molecule has 0 unspecified atom stereocenters. The van der Waals surface area contributed by atoms with E-state index in [9.17, 15) is 0 Å². The molecular formula is C6H7ClO. The fraction of sp³-hybridized carbons (Fsp3) is 0.333. The van der Waals surface area contributed by atoms with E-state index >= 15 is 0 Å². The molecule has 0 aliphatic heterocycles. The number of furan rings is 1. The lowest BCUT2D eigenvalue weighted by Crippen LogP contribution is -1.75. The summed E-state index contributed by atoms with van der Waals surface area (Å²) in [4.78, 5) is 0. The molecule has 1 atom stereocenters. The Morgan fingerprint density at radius 2 is 2.50 bits per heavy atom. The van der Waals surface area contributed by atoms with E-state index in [2.05, 4.69) is 0 Å². The summed E-state index contributed by atoms with van der Waals surface area (Å²) in [7, 11) is 0. The van der Waals surface area contributed by atoms with Crippen molar-refractivity contribution in [2.24, 2.45) is 0 Å². The van der Waals surface area contributed by atoms with Crippen molar-refractivity contribution in [1.82, 2.24) is 0 Å². The second-order valence-corrected chi connectivity index (χ2v) is 2.29. The van der Waals surface area contributed by atoms with Crippen molar-refractivity contribution in [2.45, 2.75) is 12.3 Å². The maximum atomic E-state index is 5.65. The molecule has 0 spiro atoms. The summed E-state index contributed by atoms with van der Waals surface area (Å²) in [5.74, 6) is 0.826. The van der Waals surface area contributed by atoms with E-state index in [1.54, 1.807) is 6.26 Å². The maximum Gasteiger partial charge on any atom is 0.121 e. The number of hydrogen-bond acceptors (Lipinski definition) is 1. The van der Waals surface area contributed by atoms with Crippen LogP contribution < -0.4 is 0 Å². The van der Waals surface area contributed by atoms with Crippen LogP contribution in [0.1, 0.15) is 18.1 Å². The lowest BCUT2D eigenvalue weighted by atomic mass is 10.4. The van der Waals surface area contributed by atoms with Gasteiger partial charge in [-0.25, -0.2) is 0 Å². The first-order chi connectivity index (χ1) is 3.80. The maximum absolute atomic E-state index is 5.65. The number of halogens is 1. The molecule has 0 amide bonds. The van der Waals surface area contributed by atoms with Crippen molar-refractivity contribution in [3.8, 4) is 0 Å². The molecule has 0 aliphatic carbocycles. The van der Waals surface area contributed by atoms with Gasteiger partial charge in [0.1, 0.15) is 5.76 Å². The van der Waals surface area contributed by atoms with E-state index in [-0.39, 0.29) is 5.38 Å². The second kappa shape index (κ2) is 2.23. The topological polar surface area (TPSA) is 13.1 Å². The van der Waals surface area contributed by atoms with Crippen LogP contribution in [0.4, 0.5) is 0 Å². The molecule has 44 valence electrons. The van der Waals surface area contributed by atoms with E-state index < -0.39 is 0 Å². The Labute approximate surface area is 53.3 Å². The highest BCUT2D eigenvalue weighted by molar-refractivity contribution is 6.20. The van der Waals surface area contributed by atoms with Gasteiger partial charge in [-0.1, -0.05) is 0 Å². The molecule has 0 fully saturated rings. The van der Waals surface area contributed by atoms with Gasteiger partial charge in [-0.05, 0) is 19.1 Å². The summed E-state index contributed by atoms with van der Waals surface area (Å²) in [5.41, 5.74) is 0. The van der Waals surface area contributed by atoms with Gasteiger partial charge in [0.05, 0.1) is 11.6 Å². The Balaban J connectivity index is 2.77. The largest absolute Gasteiger partial charge is 0.468 e. The number of rotatable bonds is 1. The zero-order chi connectivity index (χ0) is 5.98. The summed E-state index contributed by atoms with van der Waals surface area (Å²) >= 11 is 5.65. The molecule has 0 N–H and O–H groups in total. The van der Waals surface area contributed by atoms with Crippen LogP contribution in [-0.2, 0) is 0 Å². The van der Waals surface area contributed by atoms with Crippen LogP contribution in [-0.4, -0.2) is 0 Å². The van der Waals surface area contributed by atoms with Gasteiger partial charge < -0.3 is 4.42 Å². The molecule has 1 rings (SSSR count). The Morgan fingerprint density at radius 3 is 2.75 bits per heavy atom. The SMILES string of the molecule is C[C@H](Cl)c1ccco1. The van der Waals surface area contributed by atoms with Gasteiger partial charge in [-0.15, -0.1) is 11.6 Å². The van der Waals surface area contributed by atoms with Gasteiger partial charge in [0, 0.05) is 0 Å². The van der Waals surface area contributed by atoms with Gasteiger partial charge >= 0.3 is 0 Å². The first kappa shape index (κ1) is 5.70. The quantitative estimate of drug-likeness (QED) is 0.533. The average Bonchev–Trinajstić information content (AvgIpc) is 2.12. The summed E-state index contributed by atoms with van der Waals surface area (Å²) in [5, 5.41) is -0.00926. The lowest BCUT2D eigenvalue weighted by Gasteiger charge is -1.92. The molecule has 0 saturated carbocycles. The first-order valence-electron chi connectivity index (χ1n) is 2.48. The third-order valence-corrected chi connectivity index (χ3v) is 1.15. The van der Waals surface area contributed by atoms with Gasteiger partial charge in [0.25, 0.3) is 0 Å². The smallest absolute Gasteiger partial charge is 0.121 e. The van der Waals surface area contributed by atoms with Crippen molar-refractivity contribution < 1.29 is 4.42 Å². The van der Waals surface area contributed by atoms with Crippen LogP contribution in [0.5, 0.6) is 0 Å². The first-order valence-corrected chi connectivity index (χ1v) is 2.92. The predicted molar refractivity (Wildman–Crippen MR) is 33.0 cm³/mol. The monoisotopic (exact) mass is 130 g/mol. The van der Waals surface area contributed by atoms with Crippen LogP contribution >= 0.6 is 11.6 Å². The minimum absolute atomic E-state index is 0.00926. The number of alkyl halides is 1. The average molecular weight is 131 g/mol. The molecule has 0 aliphatic rings. The van der Waals surface area contributed by atoms with Crippen LogP contribution in [0.25, 0.3) is 0 Å². The third kappa shape index (κ3) is 1.04. The summed E-state index contributed by atoms with van der Waals surface area (Å²) in [6.45, 7) is 1.88. The standard InChI is InChI=1S/C6H7ClO/c1-5(7)6-3-2-4-8-6/h2-5H,1H3/t5-/m0/s1. The van der Waals surface area contributed by atoms with Gasteiger partial charge in [-0.3, -0.25) is 0 Å². The minimum atomic E-state index is -0.00926. The van der Waals surface area contributed by atoms with Crippen molar-refractivity contribution >= 4 is 11.6 Å². The minimum Gasteiger partial charge on any atom is -0.468 e. The van der Waals surface area contributed by atoms with E-state index in [4.69, 9.17) is 16.0 Å². The second-order valence-electron chi connectivity index (χ2n) is 1.63. The lowest BCUT2D eigenvalue weighted by molar-refractivity contribution is 0.511. The number of hydrogen-bond donors (Lipinski definition) is 0. The molecule has 0 aromatic carbocycles. The van der Waals surface area contributed by atoms with E-state index in [0.29, 0.717) is 0 Å². The molecule has 1 aromatic rings.